The zero-order chi connectivity index (χ0) is 14.0. The number of nitrogens with two attached hydrogens (primary N) is 1. The molecule has 2 aromatic rings. The smallest absolute Gasteiger partial charge is 0.120 e. The molecule has 0 radical (unpaired) electrons. The van der Waals surface area contributed by atoms with Gasteiger partial charge in [-0.3, -0.25) is 0 Å². The summed E-state index contributed by atoms with van der Waals surface area (Å²) >= 11 is 12.4. The lowest BCUT2D eigenvalue weighted by molar-refractivity contribution is 0.414. The number of hydrogen-bond acceptors (Lipinski definition) is 2. The topological polar surface area (TPSA) is 35.2 Å². The minimum atomic E-state index is -0.308. The van der Waals surface area contributed by atoms with Crippen LogP contribution in [-0.4, -0.2) is 7.11 Å². The molecule has 1 atom stereocenters. The van der Waals surface area contributed by atoms with E-state index in [0.29, 0.717) is 15.8 Å². The molecule has 0 aliphatic heterocycles. The van der Waals surface area contributed by atoms with E-state index in [1.807, 2.05) is 37.3 Å². The average Bonchev–Trinajstić information content (AvgIpc) is 2.41. The van der Waals surface area contributed by atoms with Crippen LogP contribution >= 0.6 is 23.2 Å². The minimum Gasteiger partial charge on any atom is -0.497 e. The van der Waals surface area contributed by atoms with E-state index in [0.717, 1.165) is 16.7 Å². The molecule has 0 fully saturated rings. The Labute approximate surface area is 123 Å². The third-order valence-corrected chi connectivity index (χ3v) is 3.92. The molecule has 0 aliphatic rings. The molecule has 0 saturated carbocycles. The maximum atomic E-state index is 6.29. The number of hydrogen-bond donors (Lipinski definition) is 1. The first-order valence-corrected chi connectivity index (χ1v) is 6.64. The Balaban J connectivity index is 2.44. The van der Waals surface area contributed by atoms with E-state index in [2.05, 4.69) is 0 Å². The summed E-state index contributed by atoms with van der Waals surface area (Å²) in [4.78, 5) is 0. The molecule has 0 aliphatic carbocycles. The standard InChI is InChI=1S/C15H15Cl2NO/c1-9-11(4-3-5-13(9)16)15(18)12-7-6-10(19-2)8-14(12)17/h3-8,15H,18H2,1-2H3. The molecule has 2 nitrogen and oxygen atoms in total. The first-order chi connectivity index (χ1) is 9.04. The second-order valence-corrected chi connectivity index (χ2v) is 5.13. The monoisotopic (exact) mass is 295 g/mol. The van der Waals surface area contributed by atoms with Crippen LogP contribution in [0.4, 0.5) is 0 Å². The van der Waals surface area contributed by atoms with E-state index in [4.69, 9.17) is 33.7 Å². The number of rotatable bonds is 3. The van der Waals surface area contributed by atoms with Gasteiger partial charge < -0.3 is 10.5 Å². The van der Waals surface area contributed by atoms with Crippen LogP contribution in [0.5, 0.6) is 5.75 Å². The Morgan fingerprint density at radius 2 is 1.79 bits per heavy atom. The number of methoxy groups -OCH3 is 1. The second-order valence-electron chi connectivity index (χ2n) is 4.32. The van der Waals surface area contributed by atoms with Gasteiger partial charge in [-0.2, -0.15) is 0 Å². The lowest BCUT2D eigenvalue weighted by atomic mass is 9.95. The number of halogens is 2. The highest BCUT2D eigenvalue weighted by molar-refractivity contribution is 6.32. The molecular weight excluding hydrogens is 281 g/mol. The van der Waals surface area contributed by atoms with Gasteiger partial charge in [-0.15, -0.1) is 0 Å². The first-order valence-electron chi connectivity index (χ1n) is 5.88. The van der Waals surface area contributed by atoms with E-state index >= 15 is 0 Å². The van der Waals surface area contributed by atoms with Crippen molar-refractivity contribution in [1.82, 2.24) is 0 Å². The summed E-state index contributed by atoms with van der Waals surface area (Å²) in [6.07, 6.45) is 0. The van der Waals surface area contributed by atoms with Crippen molar-refractivity contribution in [2.45, 2.75) is 13.0 Å². The SMILES string of the molecule is COc1ccc(C(N)c2cccc(Cl)c2C)c(Cl)c1. The Morgan fingerprint density at radius 1 is 1.05 bits per heavy atom. The Kier molecular flexibility index (Phi) is 4.35. The van der Waals surface area contributed by atoms with E-state index in [1.165, 1.54) is 0 Å². The summed E-state index contributed by atoms with van der Waals surface area (Å²) in [6, 6.07) is 10.9. The van der Waals surface area contributed by atoms with Crippen molar-refractivity contribution < 1.29 is 4.74 Å². The zero-order valence-electron chi connectivity index (χ0n) is 10.8. The Bertz CT molecular complexity index is 599. The minimum absolute atomic E-state index is 0.308. The van der Waals surface area contributed by atoms with E-state index < -0.39 is 0 Å². The molecule has 2 N–H and O–H groups in total. The normalized spacial score (nSPS) is 12.3. The van der Waals surface area contributed by atoms with Gasteiger partial charge in [0.2, 0.25) is 0 Å². The molecule has 0 amide bonds. The van der Waals surface area contributed by atoms with Gasteiger partial charge in [-0.05, 0) is 41.8 Å². The first kappa shape index (κ1) is 14.2. The third-order valence-electron chi connectivity index (χ3n) is 3.19. The van der Waals surface area contributed by atoms with Crippen LogP contribution in [0.2, 0.25) is 10.0 Å². The molecule has 0 heterocycles. The summed E-state index contributed by atoms with van der Waals surface area (Å²) in [7, 11) is 1.60. The molecular formula is C15H15Cl2NO. The van der Waals surface area contributed by atoms with Crippen LogP contribution in [-0.2, 0) is 0 Å². The lowest BCUT2D eigenvalue weighted by Gasteiger charge is -2.17. The fraction of sp³-hybridized carbons (Fsp3) is 0.200. The molecule has 0 aromatic heterocycles. The zero-order valence-corrected chi connectivity index (χ0v) is 12.3. The molecule has 0 saturated heterocycles. The van der Waals surface area contributed by atoms with Crippen molar-refractivity contribution in [3.63, 3.8) is 0 Å². The molecule has 2 rings (SSSR count). The molecule has 100 valence electrons. The average molecular weight is 296 g/mol. The van der Waals surface area contributed by atoms with Crippen molar-refractivity contribution in [2.24, 2.45) is 5.73 Å². The summed E-state index contributed by atoms with van der Waals surface area (Å²) in [5.41, 5.74) is 9.10. The summed E-state index contributed by atoms with van der Waals surface area (Å²) < 4.78 is 5.13. The fourth-order valence-electron chi connectivity index (χ4n) is 2.02. The van der Waals surface area contributed by atoms with E-state index in [1.54, 1.807) is 13.2 Å². The number of benzene rings is 2. The van der Waals surface area contributed by atoms with Crippen molar-refractivity contribution in [3.8, 4) is 5.75 Å². The van der Waals surface area contributed by atoms with Crippen molar-refractivity contribution in [2.75, 3.05) is 7.11 Å². The summed E-state index contributed by atoms with van der Waals surface area (Å²) in [5, 5.41) is 1.30. The summed E-state index contributed by atoms with van der Waals surface area (Å²) in [6.45, 7) is 1.95. The highest BCUT2D eigenvalue weighted by atomic mass is 35.5. The van der Waals surface area contributed by atoms with Gasteiger partial charge in [0.05, 0.1) is 13.2 Å². The second kappa shape index (κ2) is 5.83. The van der Waals surface area contributed by atoms with Gasteiger partial charge in [0, 0.05) is 10.0 Å². The Morgan fingerprint density at radius 3 is 2.42 bits per heavy atom. The lowest BCUT2D eigenvalue weighted by Crippen LogP contribution is -2.14. The number of ether oxygens (including phenoxy) is 1. The van der Waals surface area contributed by atoms with Crippen LogP contribution in [0.15, 0.2) is 36.4 Å². The molecule has 0 bridgehead atoms. The van der Waals surface area contributed by atoms with Gasteiger partial charge >= 0.3 is 0 Å². The van der Waals surface area contributed by atoms with Crippen molar-refractivity contribution in [3.05, 3.63) is 63.1 Å². The van der Waals surface area contributed by atoms with Gasteiger partial charge in [-0.1, -0.05) is 41.4 Å². The van der Waals surface area contributed by atoms with Gasteiger partial charge in [0.1, 0.15) is 5.75 Å². The van der Waals surface area contributed by atoms with Gasteiger partial charge in [0.15, 0.2) is 0 Å². The molecule has 19 heavy (non-hydrogen) atoms. The highest BCUT2D eigenvalue weighted by Gasteiger charge is 2.16. The maximum absolute atomic E-state index is 6.29. The predicted octanol–water partition coefficient (Wildman–Crippen LogP) is 4.36. The maximum Gasteiger partial charge on any atom is 0.120 e. The van der Waals surface area contributed by atoms with Gasteiger partial charge in [0.25, 0.3) is 0 Å². The molecule has 4 heteroatoms. The van der Waals surface area contributed by atoms with Crippen LogP contribution in [0.1, 0.15) is 22.7 Å². The van der Waals surface area contributed by atoms with E-state index in [-0.39, 0.29) is 6.04 Å². The largest absolute Gasteiger partial charge is 0.497 e. The highest BCUT2D eigenvalue weighted by Crippen LogP contribution is 2.32. The molecule has 1 unspecified atom stereocenters. The van der Waals surface area contributed by atoms with Crippen LogP contribution in [0, 0.1) is 6.92 Å². The van der Waals surface area contributed by atoms with Crippen LogP contribution < -0.4 is 10.5 Å². The Hall–Kier alpha value is -1.22. The van der Waals surface area contributed by atoms with Crippen molar-refractivity contribution >= 4 is 23.2 Å². The fourth-order valence-corrected chi connectivity index (χ4v) is 2.49. The third kappa shape index (κ3) is 2.86. The quantitative estimate of drug-likeness (QED) is 0.913. The predicted molar refractivity (Wildman–Crippen MR) is 80.2 cm³/mol. The van der Waals surface area contributed by atoms with Crippen LogP contribution in [0.25, 0.3) is 0 Å². The van der Waals surface area contributed by atoms with Crippen molar-refractivity contribution in [1.29, 1.82) is 0 Å². The van der Waals surface area contributed by atoms with E-state index in [9.17, 15) is 0 Å². The molecule has 0 spiro atoms. The summed E-state index contributed by atoms with van der Waals surface area (Å²) in [5.74, 6) is 0.712. The van der Waals surface area contributed by atoms with Crippen LogP contribution in [0.3, 0.4) is 0 Å². The molecule has 2 aromatic carbocycles. The van der Waals surface area contributed by atoms with Gasteiger partial charge in [-0.25, -0.2) is 0 Å².